The molecule has 154 valence electrons. The lowest BCUT2D eigenvalue weighted by molar-refractivity contribution is -0.116. The van der Waals surface area contributed by atoms with Crippen molar-refractivity contribution in [3.8, 4) is 6.07 Å². The van der Waals surface area contributed by atoms with E-state index in [4.69, 9.17) is 28.9 Å². The zero-order valence-electron chi connectivity index (χ0n) is 16.2. The van der Waals surface area contributed by atoms with Gasteiger partial charge < -0.3 is 5.73 Å². The maximum atomic E-state index is 13.2. The van der Waals surface area contributed by atoms with E-state index in [2.05, 4.69) is 13.0 Å². The molecule has 0 spiro atoms. The summed E-state index contributed by atoms with van der Waals surface area (Å²) in [7, 11) is 0. The fraction of sp³-hybridized carbons (Fsp3) is 0.273. The fourth-order valence-corrected chi connectivity index (χ4v) is 6.44. The average molecular weight is 476 g/mol. The smallest absolute Gasteiger partial charge is 0.161 e. The van der Waals surface area contributed by atoms with Gasteiger partial charge >= 0.3 is 0 Å². The first-order valence-corrected chi connectivity index (χ1v) is 12.2. The molecule has 0 unspecified atom stereocenters. The van der Waals surface area contributed by atoms with Gasteiger partial charge in [-0.2, -0.15) is 5.26 Å². The van der Waals surface area contributed by atoms with E-state index in [0.29, 0.717) is 45.5 Å². The van der Waals surface area contributed by atoms with Crippen LogP contribution in [-0.4, -0.2) is 11.5 Å². The van der Waals surface area contributed by atoms with E-state index in [1.807, 2.05) is 22.4 Å². The number of nitrogens with two attached hydrogens (primary N) is 1. The third-order valence-electron chi connectivity index (χ3n) is 5.32. The minimum atomic E-state index is -0.433. The average Bonchev–Trinajstić information content (AvgIpc) is 3.18. The van der Waals surface area contributed by atoms with Crippen molar-refractivity contribution in [2.45, 2.75) is 36.3 Å². The maximum absolute atomic E-state index is 13.2. The molecule has 4 nitrogen and oxygen atoms in total. The van der Waals surface area contributed by atoms with E-state index in [-0.39, 0.29) is 5.78 Å². The van der Waals surface area contributed by atoms with Crippen molar-refractivity contribution in [2.75, 3.05) is 10.7 Å². The SMILES string of the molecule is CCSc1sccc1[C@@H]1C(C#N)=C(N)N(c2ccc(Cl)c(Cl)c2)C2=C1C(=O)CCC2. The number of thioether (sulfide) groups is 1. The highest BCUT2D eigenvalue weighted by Gasteiger charge is 2.41. The molecule has 0 bridgehead atoms. The second-order valence-corrected chi connectivity index (χ2v) is 10.3. The largest absolute Gasteiger partial charge is 0.384 e. The number of carbonyl (C=O) groups is 1. The van der Waals surface area contributed by atoms with Crippen LogP contribution in [0.25, 0.3) is 0 Å². The minimum Gasteiger partial charge on any atom is -0.384 e. The molecule has 0 saturated carbocycles. The second kappa shape index (κ2) is 8.68. The highest BCUT2D eigenvalue weighted by molar-refractivity contribution is 8.01. The standard InChI is InChI=1S/C22H19Cl2N3OS2/c1-2-29-22-13(8-9-30-22)19-14(11-25)21(26)27(12-6-7-15(23)16(24)10-12)17-4-3-5-18(28)20(17)19/h6-10,19H,2-5,26H2,1H3/t19-/m1/s1. The molecule has 1 atom stereocenters. The molecule has 2 aliphatic rings. The summed E-state index contributed by atoms with van der Waals surface area (Å²) in [6.45, 7) is 2.09. The van der Waals surface area contributed by atoms with Crippen molar-refractivity contribution in [1.82, 2.24) is 0 Å². The van der Waals surface area contributed by atoms with Crippen LogP contribution < -0.4 is 10.6 Å². The van der Waals surface area contributed by atoms with E-state index < -0.39 is 5.92 Å². The summed E-state index contributed by atoms with van der Waals surface area (Å²) in [6.07, 6.45) is 1.93. The van der Waals surface area contributed by atoms with Gasteiger partial charge in [0.05, 0.1) is 31.8 Å². The minimum absolute atomic E-state index is 0.0743. The predicted octanol–water partition coefficient (Wildman–Crippen LogP) is 6.47. The van der Waals surface area contributed by atoms with Crippen molar-refractivity contribution in [3.63, 3.8) is 0 Å². The number of Topliss-reactive ketones (excluding diaryl/α,β-unsaturated/α-hetero) is 1. The summed E-state index contributed by atoms with van der Waals surface area (Å²) in [5.41, 5.74) is 10.2. The zero-order chi connectivity index (χ0) is 21.4. The van der Waals surface area contributed by atoms with Gasteiger partial charge in [-0.1, -0.05) is 30.1 Å². The van der Waals surface area contributed by atoms with Crippen LogP contribution in [0.2, 0.25) is 10.0 Å². The lowest BCUT2D eigenvalue weighted by Gasteiger charge is -2.39. The number of nitrogens with zero attached hydrogens (tertiary/aromatic N) is 2. The van der Waals surface area contributed by atoms with Crippen molar-refractivity contribution in [1.29, 1.82) is 5.26 Å². The highest BCUT2D eigenvalue weighted by atomic mass is 35.5. The molecular weight excluding hydrogens is 457 g/mol. The number of nitriles is 1. The Morgan fingerprint density at radius 2 is 2.10 bits per heavy atom. The number of hydrogen-bond acceptors (Lipinski definition) is 6. The third-order valence-corrected chi connectivity index (χ3v) is 8.21. The van der Waals surface area contributed by atoms with E-state index in [1.165, 1.54) is 0 Å². The molecule has 0 saturated heterocycles. The third kappa shape index (κ3) is 3.54. The summed E-state index contributed by atoms with van der Waals surface area (Å²) < 4.78 is 1.12. The Morgan fingerprint density at radius 1 is 1.30 bits per heavy atom. The van der Waals surface area contributed by atoms with Crippen LogP contribution in [0, 0.1) is 11.3 Å². The molecule has 1 aromatic heterocycles. The second-order valence-electron chi connectivity index (χ2n) is 7.01. The molecule has 1 aliphatic carbocycles. The molecule has 1 aromatic carbocycles. The molecule has 2 heterocycles. The summed E-state index contributed by atoms with van der Waals surface area (Å²) >= 11 is 15.7. The van der Waals surface area contributed by atoms with Gasteiger partial charge in [0.25, 0.3) is 0 Å². The van der Waals surface area contributed by atoms with E-state index in [1.54, 1.807) is 35.2 Å². The van der Waals surface area contributed by atoms with Gasteiger partial charge in [0.15, 0.2) is 5.78 Å². The van der Waals surface area contributed by atoms with Crippen LogP contribution in [0.5, 0.6) is 0 Å². The monoisotopic (exact) mass is 475 g/mol. The first-order chi connectivity index (χ1) is 14.5. The van der Waals surface area contributed by atoms with Crippen molar-refractivity contribution in [2.24, 2.45) is 5.73 Å². The van der Waals surface area contributed by atoms with Gasteiger partial charge in [0.1, 0.15) is 5.82 Å². The topological polar surface area (TPSA) is 70.1 Å². The Morgan fingerprint density at radius 3 is 2.80 bits per heavy atom. The van der Waals surface area contributed by atoms with Crippen LogP contribution in [0.3, 0.4) is 0 Å². The Labute approximate surface area is 194 Å². The van der Waals surface area contributed by atoms with Crippen LogP contribution in [0.1, 0.15) is 37.7 Å². The van der Waals surface area contributed by atoms with Gasteiger partial charge in [-0.15, -0.1) is 23.1 Å². The summed E-state index contributed by atoms with van der Waals surface area (Å²) in [5, 5.41) is 12.9. The van der Waals surface area contributed by atoms with Gasteiger partial charge in [0, 0.05) is 23.4 Å². The number of allylic oxidation sites excluding steroid dienone is 3. The van der Waals surface area contributed by atoms with E-state index >= 15 is 0 Å². The van der Waals surface area contributed by atoms with Crippen LogP contribution in [-0.2, 0) is 4.79 Å². The molecule has 1 aliphatic heterocycles. The van der Waals surface area contributed by atoms with Gasteiger partial charge in [-0.05, 0) is 53.8 Å². The molecule has 0 amide bonds. The van der Waals surface area contributed by atoms with Crippen LogP contribution in [0.15, 0.2) is 56.5 Å². The summed E-state index contributed by atoms with van der Waals surface area (Å²) in [4.78, 5) is 15.0. The van der Waals surface area contributed by atoms with Gasteiger partial charge in [-0.3, -0.25) is 9.69 Å². The molecule has 8 heteroatoms. The summed E-state index contributed by atoms with van der Waals surface area (Å²) in [5.74, 6) is 0.895. The number of thiophene rings is 1. The van der Waals surface area contributed by atoms with Gasteiger partial charge in [0.2, 0.25) is 0 Å². The maximum Gasteiger partial charge on any atom is 0.161 e. The van der Waals surface area contributed by atoms with Crippen molar-refractivity contribution in [3.05, 3.63) is 67.9 Å². The zero-order valence-corrected chi connectivity index (χ0v) is 19.4. The number of carbonyl (C=O) groups excluding carboxylic acids is 1. The number of rotatable bonds is 4. The molecular formula is C22H19Cl2N3OS2. The highest BCUT2D eigenvalue weighted by Crippen LogP contribution is 2.49. The molecule has 0 radical (unpaired) electrons. The first-order valence-electron chi connectivity index (χ1n) is 9.59. The number of ketones is 1. The van der Waals surface area contributed by atoms with Crippen LogP contribution in [0.4, 0.5) is 5.69 Å². The van der Waals surface area contributed by atoms with Crippen LogP contribution >= 0.6 is 46.3 Å². The van der Waals surface area contributed by atoms with Crippen molar-refractivity contribution >= 4 is 57.8 Å². The predicted molar refractivity (Wildman–Crippen MR) is 125 cm³/mol. The summed E-state index contributed by atoms with van der Waals surface area (Å²) in [6, 6.07) is 9.55. The molecule has 4 rings (SSSR count). The molecule has 2 aromatic rings. The lowest BCUT2D eigenvalue weighted by Crippen LogP contribution is -2.38. The molecule has 30 heavy (non-hydrogen) atoms. The Hall–Kier alpha value is -1.91. The molecule has 2 N–H and O–H groups in total. The van der Waals surface area contributed by atoms with E-state index in [0.717, 1.165) is 27.6 Å². The number of hydrogen-bond donors (Lipinski definition) is 1. The fourth-order valence-electron chi connectivity index (χ4n) is 4.08. The lowest BCUT2D eigenvalue weighted by atomic mass is 9.76. The number of benzene rings is 1. The Bertz CT molecular complexity index is 1130. The Kier molecular flexibility index (Phi) is 6.17. The van der Waals surface area contributed by atoms with E-state index in [9.17, 15) is 10.1 Å². The van der Waals surface area contributed by atoms with Crippen molar-refractivity contribution < 1.29 is 4.79 Å². The number of halogens is 2. The normalized spacial score (nSPS) is 19.2. The number of anilines is 1. The molecule has 0 fully saturated rings. The Balaban J connectivity index is 1.96. The van der Waals surface area contributed by atoms with Gasteiger partial charge in [-0.25, -0.2) is 0 Å². The quantitative estimate of drug-likeness (QED) is 0.512. The first kappa shape index (κ1) is 21.3.